The number of ether oxygens (including phenoxy) is 1. The SMILES string of the molecule is COc1ccc(-c2ccc(C=C(Br)[N+](=O)[O-])o2)cc1. The minimum absolute atomic E-state index is 0.150. The molecule has 1 aromatic carbocycles. The van der Waals surface area contributed by atoms with E-state index < -0.39 is 4.92 Å². The summed E-state index contributed by atoms with van der Waals surface area (Å²) in [6.45, 7) is 0. The number of rotatable bonds is 4. The number of nitro groups is 1. The summed E-state index contributed by atoms with van der Waals surface area (Å²) in [5.74, 6) is 1.80. The van der Waals surface area contributed by atoms with Crippen LogP contribution in [-0.4, -0.2) is 12.0 Å². The highest BCUT2D eigenvalue weighted by atomic mass is 79.9. The van der Waals surface area contributed by atoms with E-state index in [2.05, 4.69) is 15.9 Å². The molecule has 98 valence electrons. The first-order chi connectivity index (χ1) is 9.10. The van der Waals surface area contributed by atoms with Crippen LogP contribution in [0, 0.1) is 10.1 Å². The minimum Gasteiger partial charge on any atom is -0.497 e. The minimum atomic E-state index is -0.532. The maximum Gasteiger partial charge on any atom is 0.314 e. The lowest BCUT2D eigenvalue weighted by Gasteiger charge is -2.00. The van der Waals surface area contributed by atoms with Gasteiger partial charge in [-0.3, -0.25) is 10.1 Å². The van der Waals surface area contributed by atoms with Gasteiger partial charge in [-0.2, -0.15) is 0 Å². The van der Waals surface area contributed by atoms with Gasteiger partial charge in [0.2, 0.25) is 0 Å². The van der Waals surface area contributed by atoms with Crippen molar-refractivity contribution in [2.75, 3.05) is 7.11 Å². The van der Waals surface area contributed by atoms with Crippen molar-refractivity contribution in [3.63, 3.8) is 0 Å². The second kappa shape index (κ2) is 5.71. The Balaban J connectivity index is 2.25. The zero-order valence-corrected chi connectivity index (χ0v) is 11.6. The van der Waals surface area contributed by atoms with Crippen LogP contribution in [-0.2, 0) is 0 Å². The maximum absolute atomic E-state index is 10.5. The van der Waals surface area contributed by atoms with Crippen LogP contribution in [0.5, 0.6) is 5.75 Å². The van der Waals surface area contributed by atoms with Gasteiger partial charge in [0.15, 0.2) is 0 Å². The van der Waals surface area contributed by atoms with Gasteiger partial charge in [-0.05, 0) is 36.4 Å². The molecule has 19 heavy (non-hydrogen) atoms. The molecule has 0 bridgehead atoms. The largest absolute Gasteiger partial charge is 0.497 e. The second-order valence-electron chi connectivity index (χ2n) is 3.65. The van der Waals surface area contributed by atoms with E-state index in [4.69, 9.17) is 9.15 Å². The van der Waals surface area contributed by atoms with Crippen molar-refractivity contribution >= 4 is 22.0 Å². The summed E-state index contributed by atoms with van der Waals surface area (Å²) < 4.78 is 10.4. The highest BCUT2D eigenvalue weighted by Crippen LogP contribution is 2.25. The maximum atomic E-state index is 10.5. The van der Waals surface area contributed by atoms with Crippen LogP contribution < -0.4 is 4.74 Å². The Hall–Kier alpha value is -2.08. The molecule has 2 aromatic rings. The number of hydrogen-bond acceptors (Lipinski definition) is 4. The van der Waals surface area contributed by atoms with Crippen LogP contribution in [0.1, 0.15) is 5.76 Å². The molecule has 2 rings (SSSR count). The Morgan fingerprint density at radius 3 is 2.58 bits per heavy atom. The molecule has 1 heterocycles. The van der Waals surface area contributed by atoms with Crippen molar-refractivity contribution < 1.29 is 14.1 Å². The lowest BCUT2D eigenvalue weighted by molar-refractivity contribution is -0.407. The molecule has 5 nitrogen and oxygen atoms in total. The van der Waals surface area contributed by atoms with Gasteiger partial charge in [-0.15, -0.1) is 0 Å². The fourth-order valence-electron chi connectivity index (χ4n) is 1.51. The summed E-state index contributed by atoms with van der Waals surface area (Å²) in [5.41, 5.74) is 0.873. The molecule has 0 saturated heterocycles. The van der Waals surface area contributed by atoms with Gasteiger partial charge >= 0.3 is 4.61 Å². The van der Waals surface area contributed by atoms with Gasteiger partial charge in [0.25, 0.3) is 0 Å². The molecule has 0 radical (unpaired) electrons. The Labute approximate surface area is 117 Å². The fourth-order valence-corrected chi connectivity index (χ4v) is 1.74. The van der Waals surface area contributed by atoms with E-state index in [0.717, 1.165) is 11.3 Å². The van der Waals surface area contributed by atoms with E-state index in [-0.39, 0.29) is 4.61 Å². The number of hydrogen-bond donors (Lipinski definition) is 0. The molecule has 6 heteroatoms. The Morgan fingerprint density at radius 1 is 1.32 bits per heavy atom. The lowest BCUT2D eigenvalue weighted by Crippen LogP contribution is -1.89. The van der Waals surface area contributed by atoms with E-state index in [1.54, 1.807) is 19.2 Å². The number of halogens is 1. The van der Waals surface area contributed by atoms with Gasteiger partial charge in [0.05, 0.1) is 18.1 Å². The second-order valence-corrected chi connectivity index (χ2v) is 4.47. The van der Waals surface area contributed by atoms with E-state index in [1.165, 1.54) is 6.08 Å². The van der Waals surface area contributed by atoms with Crippen molar-refractivity contribution in [1.29, 1.82) is 0 Å². The van der Waals surface area contributed by atoms with Crippen LogP contribution in [0.3, 0.4) is 0 Å². The Kier molecular flexibility index (Phi) is 4.01. The molecule has 0 saturated carbocycles. The normalized spacial score (nSPS) is 11.4. The average Bonchev–Trinajstić information content (AvgIpc) is 2.87. The van der Waals surface area contributed by atoms with Gasteiger partial charge in [-0.1, -0.05) is 0 Å². The Bertz CT molecular complexity index is 616. The van der Waals surface area contributed by atoms with E-state index in [0.29, 0.717) is 11.5 Å². The third-order valence-corrected chi connectivity index (χ3v) is 2.96. The Morgan fingerprint density at radius 2 is 2.00 bits per heavy atom. The molecule has 0 atom stereocenters. The lowest BCUT2D eigenvalue weighted by atomic mass is 10.2. The van der Waals surface area contributed by atoms with Crippen molar-refractivity contribution in [3.8, 4) is 17.1 Å². The third kappa shape index (κ3) is 3.23. The van der Waals surface area contributed by atoms with Crippen LogP contribution in [0.4, 0.5) is 0 Å². The van der Waals surface area contributed by atoms with Gasteiger partial charge in [-0.25, -0.2) is 0 Å². The highest BCUT2D eigenvalue weighted by molar-refractivity contribution is 9.11. The number of furan rings is 1. The quantitative estimate of drug-likeness (QED) is 0.486. The molecule has 0 spiro atoms. The van der Waals surface area contributed by atoms with Crippen molar-refractivity contribution in [2.24, 2.45) is 0 Å². The highest BCUT2D eigenvalue weighted by Gasteiger charge is 2.08. The number of nitrogens with zero attached hydrogens (tertiary/aromatic N) is 1. The first-order valence-electron chi connectivity index (χ1n) is 5.36. The van der Waals surface area contributed by atoms with Crippen LogP contribution in [0.2, 0.25) is 0 Å². The van der Waals surface area contributed by atoms with E-state index >= 15 is 0 Å². The molecule has 0 aliphatic rings. The number of benzene rings is 1. The molecule has 0 fully saturated rings. The summed E-state index contributed by atoms with van der Waals surface area (Å²) in [5, 5.41) is 10.5. The molecule has 0 unspecified atom stereocenters. The van der Waals surface area contributed by atoms with Crippen molar-refractivity contribution in [3.05, 3.63) is 56.9 Å². The first kappa shape index (κ1) is 13.4. The summed E-state index contributed by atoms with van der Waals surface area (Å²) in [6.07, 6.45) is 1.31. The first-order valence-corrected chi connectivity index (χ1v) is 6.15. The van der Waals surface area contributed by atoms with Crippen LogP contribution in [0.25, 0.3) is 17.4 Å². The molecule has 0 N–H and O–H groups in total. The van der Waals surface area contributed by atoms with Crippen molar-refractivity contribution in [2.45, 2.75) is 0 Å². The fraction of sp³-hybridized carbons (Fsp3) is 0.0769. The summed E-state index contributed by atoms with van der Waals surface area (Å²) in [7, 11) is 1.60. The standard InChI is InChI=1S/C13H10BrNO4/c1-18-10-4-2-9(3-5-10)12-7-6-11(19-12)8-13(14)15(16)17/h2-8H,1H3. The molecular formula is C13H10BrNO4. The van der Waals surface area contributed by atoms with E-state index in [9.17, 15) is 10.1 Å². The summed E-state index contributed by atoms with van der Waals surface area (Å²) in [6, 6.07) is 10.8. The molecular weight excluding hydrogens is 314 g/mol. The predicted molar refractivity (Wildman–Crippen MR) is 74.6 cm³/mol. The zero-order valence-electron chi connectivity index (χ0n) is 10.00. The van der Waals surface area contributed by atoms with Crippen LogP contribution in [0.15, 0.2) is 45.4 Å². The molecule has 0 amide bonds. The predicted octanol–water partition coefficient (Wildman–Crippen LogP) is 3.93. The topological polar surface area (TPSA) is 65.5 Å². The summed E-state index contributed by atoms with van der Waals surface area (Å²) >= 11 is 2.85. The van der Waals surface area contributed by atoms with Gasteiger partial charge < -0.3 is 9.15 Å². The smallest absolute Gasteiger partial charge is 0.314 e. The summed E-state index contributed by atoms with van der Waals surface area (Å²) in [4.78, 5) is 9.95. The monoisotopic (exact) mass is 323 g/mol. The van der Waals surface area contributed by atoms with Crippen molar-refractivity contribution in [1.82, 2.24) is 0 Å². The van der Waals surface area contributed by atoms with Gasteiger partial charge in [0, 0.05) is 21.5 Å². The van der Waals surface area contributed by atoms with E-state index in [1.807, 2.05) is 24.3 Å². The zero-order chi connectivity index (χ0) is 13.8. The van der Waals surface area contributed by atoms with Crippen LogP contribution >= 0.6 is 15.9 Å². The third-order valence-electron chi connectivity index (χ3n) is 2.44. The average molecular weight is 324 g/mol. The van der Waals surface area contributed by atoms with Gasteiger partial charge in [0.1, 0.15) is 17.3 Å². The molecule has 0 aliphatic carbocycles. The number of methoxy groups -OCH3 is 1. The molecule has 0 aliphatic heterocycles. The molecule has 1 aromatic heterocycles.